The number of benzene rings is 1. The number of rotatable bonds is 4. The number of carbonyl (C=O) groups excluding carboxylic acids is 1. The van der Waals surface area contributed by atoms with Crippen LogP contribution >= 0.6 is 0 Å². The summed E-state index contributed by atoms with van der Waals surface area (Å²) in [6.07, 6.45) is 2.13. The Kier molecular flexibility index (Phi) is 4.95. The molecule has 4 nitrogen and oxygen atoms in total. The SMILES string of the molecule is CCNCC1CCN(C(=O)c2oc3c(C)ccc(C)c3c2C)CC1. The fourth-order valence-corrected chi connectivity index (χ4v) is 3.71. The molecule has 1 aromatic carbocycles. The third-order valence-corrected chi connectivity index (χ3v) is 5.26. The van der Waals surface area contributed by atoms with Gasteiger partial charge in [-0.25, -0.2) is 0 Å². The van der Waals surface area contributed by atoms with Gasteiger partial charge in [0.2, 0.25) is 0 Å². The molecule has 1 aromatic heterocycles. The van der Waals surface area contributed by atoms with E-state index in [0.29, 0.717) is 11.7 Å². The molecule has 0 unspecified atom stereocenters. The zero-order chi connectivity index (χ0) is 17.3. The molecule has 1 aliphatic heterocycles. The van der Waals surface area contributed by atoms with E-state index in [1.165, 1.54) is 5.56 Å². The smallest absolute Gasteiger partial charge is 0.289 e. The van der Waals surface area contributed by atoms with E-state index < -0.39 is 0 Å². The maximum absolute atomic E-state index is 13.0. The van der Waals surface area contributed by atoms with Crippen LogP contribution in [0.5, 0.6) is 0 Å². The van der Waals surface area contributed by atoms with Crippen molar-refractivity contribution < 1.29 is 9.21 Å². The number of aryl methyl sites for hydroxylation is 3. The molecular weight excluding hydrogens is 300 g/mol. The number of carbonyl (C=O) groups is 1. The number of hydrogen-bond donors (Lipinski definition) is 1. The molecule has 0 spiro atoms. The number of piperidine rings is 1. The average Bonchev–Trinajstić information content (AvgIpc) is 2.95. The van der Waals surface area contributed by atoms with Crippen LogP contribution in [0.25, 0.3) is 11.0 Å². The quantitative estimate of drug-likeness (QED) is 0.928. The summed E-state index contributed by atoms with van der Waals surface area (Å²) in [6.45, 7) is 12.0. The van der Waals surface area contributed by atoms with Gasteiger partial charge in [0.25, 0.3) is 5.91 Å². The molecule has 0 radical (unpaired) electrons. The normalized spacial score (nSPS) is 16.1. The third kappa shape index (κ3) is 3.07. The largest absolute Gasteiger partial charge is 0.450 e. The van der Waals surface area contributed by atoms with Gasteiger partial charge in [0.05, 0.1) is 0 Å². The first-order valence-corrected chi connectivity index (χ1v) is 9.02. The van der Waals surface area contributed by atoms with E-state index in [2.05, 4.69) is 31.3 Å². The lowest BCUT2D eigenvalue weighted by molar-refractivity contribution is 0.0659. The van der Waals surface area contributed by atoms with Gasteiger partial charge in [0.15, 0.2) is 5.76 Å². The highest BCUT2D eigenvalue weighted by atomic mass is 16.3. The lowest BCUT2D eigenvalue weighted by Crippen LogP contribution is -2.40. The number of fused-ring (bicyclic) bond motifs is 1. The van der Waals surface area contributed by atoms with Crippen LogP contribution in [0.3, 0.4) is 0 Å². The summed E-state index contributed by atoms with van der Waals surface area (Å²) in [6, 6.07) is 4.15. The van der Waals surface area contributed by atoms with Crippen LogP contribution in [-0.4, -0.2) is 37.0 Å². The molecule has 1 amide bonds. The lowest BCUT2D eigenvalue weighted by Gasteiger charge is -2.31. The van der Waals surface area contributed by atoms with Gasteiger partial charge < -0.3 is 14.6 Å². The predicted molar refractivity (Wildman–Crippen MR) is 97.6 cm³/mol. The highest BCUT2D eigenvalue weighted by Gasteiger charge is 2.28. The van der Waals surface area contributed by atoms with E-state index in [-0.39, 0.29) is 5.91 Å². The van der Waals surface area contributed by atoms with Crippen molar-refractivity contribution in [1.82, 2.24) is 10.2 Å². The van der Waals surface area contributed by atoms with Gasteiger partial charge in [-0.1, -0.05) is 19.1 Å². The van der Waals surface area contributed by atoms with Crippen LogP contribution in [0.4, 0.5) is 0 Å². The van der Waals surface area contributed by atoms with Gasteiger partial charge >= 0.3 is 0 Å². The number of nitrogens with one attached hydrogen (secondary N) is 1. The summed E-state index contributed by atoms with van der Waals surface area (Å²) in [5.41, 5.74) is 4.09. The topological polar surface area (TPSA) is 45.5 Å². The van der Waals surface area contributed by atoms with Crippen LogP contribution in [0.15, 0.2) is 16.5 Å². The van der Waals surface area contributed by atoms with Gasteiger partial charge in [0.1, 0.15) is 5.58 Å². The third-order valence-electron chi connectivity index (χ3n) is 5.26. The van der Waals surface area contributed by atoms with Crippen molar-refractivity contribution in [3.63, 3.8) is 0 Å². The van der Waals surface area contributed by atoms with Gasteiger partial charge in [0, 0.05) is 24.0 Å². The van der Waals surface area contributed by atoms with E-state index in [1.54, 1.807) is 0 Å². The number of likely N-dealkylation sites (tertiary alicyclic amines) is 1. The van der Waals surface area contributed by atoms with Crippen LogP contribution in [-0.2, 0) is 0 Å². The van der Waals surface area contributed by atoms with Crippen molar-refractivity contribution in [3.8, 4) is 0 Å². The fourth-order valence-electron chi connectivity index (χ4n) is 3.71. The minimum Gasteiger partial charge on any atom is -0.450 e. The highest BCUT2D eigenvalue weighted by molar-refractivity contribution is 6.00. The van der Waals surface area contributed by atoms with E-state index in [0.717, 1.165) is 61.1 Å². The lowest BCUT2D eigenvalue weighted by atomic mass is 9.96. The molecule has 24 heavy (non-hydrogen) atoms. The molecule has 3 rings (SSSR count). The van der Waals surface area contributed by atoms with Crippen molar-refractivity contribution in [3.05, 3.63) is 34.6 Å². The van der Waals surface area contributed by atoms with E-state index in [9.17, 15) is 4.79 Å². The van der Waals surface area contributed by atoms with Gasteiger partial charge in [-0.15, -0.1) is 0 Å². The van der Waals surface area contributed by atoms with Crippen molar-refractivity contribution in [2.45, 2.75) is 40.5 Å². The zero-order valence-electron chi connectivity index (χ0n) is 15.2. The molecular formula is C20H28N2O2. The Hall–Kier alpha value is -1.81. The van der Waals surface area contributed by atoms with Gasteiger partial charge in [-0.05, 0) is 63.7 Å². The Morgan fingerprint density at radius 1 is 1.21 bits per heavy atom. The second-order valence-corrected chi connectivity index (χ2v) is 7.00. The number of hydrogen-bond acceptors (Lipinski definition) is 3. The second-order valence-electron chi connectivity index (χ2n) is 7.00. The first-order chi connectivity index (χ1) is 11.5. The van der Waals surface area contributed by atoms with Crippen molar-refractivity contribution in [2.24, 2.45) is 5.92 Å². The Balaban J connectivity index is 1.79. The van der Waals surface area contributed by atoms with E-state index in [4.69, 9.17) is 4.42 Å². The predicted octanol–water partition coefficient (Wildman–Crippen LogP) is 3.82. The first kappa shape index (κ1) is 17.0. The van der Waals surface area contributed by atoms with Crippen molar-refractivity contribution in [2.75, 3.05) is 26.2 Å². The average molecular weight is 328 g/mol. The number of amides is 1. The summed E-state index contributed by atoms with van der Waals surface area (Å²) < 4.78 is 6.01. The molecule has 4 heteroatoms. The maximum atomic E-state index is 13.0. The number of nitrogens with zero attached hydrogens (tertiary/aromatic N) is 1. The van der Waals surface area contributed by atoms with Gasteiger partial charge in [-0.3, -0.25) is 4.79 Å². The van der Waals surface area contributed by atoms with Crippen LogP contribution in [0.1, 0.15) is 47.0 Å². The molecule has 0 aliphatic carbocycles. The molecule has 1 aliphatic rings. The van der Waals surface area contributed by atoms with Crippen LogP contribution < -0.4 is 5.32 Å². The van der Waals surface area contributed by atoms with E-state index in [1.807, 2.05) is 18.7 Å². The second kappa shape index (κ2) is 6.98. The monoisotopic (exact) mass is 328 g/mol. The zero-order valence-corrected chi connectivity index (χ0v) is 15.2. The Morgan fingerprint density at radius 2 is 1.88 bits per heavy atom. The Labute approximate surface area is 144 Å². The fraction of sp³-hybridized carbons (Fsp3) is 0.550. The van der Waals surface area contributed by atoms with Gasteiger partial charge in [-0.2, -0.15) is 0 Å². The molecule has 2 heterocycles. The Bertz CT molecular complexity index is 740. The Morgan fingerprint density at radius 3 is 2.50 bits per heavy atom. The molecule has 0 atom stereocenters. The summed E-state index contributed by atoms with van der Waals surface area (Å²) in [4.78, 5) is 14.9. The van der Waals surface area contributed by atoms with Crippen molar-refractivity contribution in [1.29, 1.82) is 0 Å². The standard InChI is InChI=1S/C20H28N2O2/c1-5-21-12-16-8-10-22(11-9-16)20(23)19-15(4)17-13(2)6-7-14(3)18(17)24-19/h6-7,16,21H,5,8-12H2,1-4H3. The molecule has 2 aromatic rings. The summed E-state index contributed by atoms with van der Waals surface area (Å²) >= 11 is 0. The molecule has 1 saturated heterocycles. The molecule has 130 valence electrons. The minimum absolute atomic E-state index is 0.0457. The molecule has 1 N–H and O–H groups in total. The summed E-state index contributed by atoms with van der Waals surface area (Å²) in [5, 5.41) is 4.51. The summed E-state index contributed by atoms with van der Waals surface area (Å²) in [7, 11) is 0. The molecule has 0 saturated carbocycles. The first-order valence-electron chi connectivity index (χ1n) is 9.02. The summed E-state index contributed by atoms with van der Waals surface area (Å²) in [5.74, 6) is 1.24. The van der Waals surface area contributed by atoms with Crippen LogP contribution in [0.2, 0.25) is 0 Å². The maximum Gasteiger partial charge on any atom is 0.289 e. The van der Waals surface area contributed by atoms with Crippen LogP contribution in [0, 0.1) is 26.7 Å². The van der Waals surface area contributed by atoms with Crippen molar-refractivity contribution >= 4 is 16.9 Å². The highest BCUT2D eigenvalue weighted by Crippen LogP contribution is 2.32. The molecule has 1 fully saturated rings. The molecule has 0 bridgehead atoms. The minimum atomic E-state index is 0.0457. The number of furan rings is 1. The van der Waals surface area contributed by atoms with E-state index >= 15 is 0 Å².